The van der Waals surface area contributed by atoms with Gasteiger partial charge in [0, 0.05) is 6.61 Å². The molecule has 0 aromatic heterocycles. The van der Waals surface area contributed by atoms with E-state index < -0.39 is 54.5 Å². The highest BCUT2D eigenvalue weighted by Crippen LogP contribution is 2.45. The van der Waals surface area contributed by atoms with Gasteiger partial charge in [-0.15, -0.1) is 0 Å². The molecule has 2 heterocycles. The van der Waals surface area contributed by atoms with Gasteiger partial charge in [0.1, 0.15) is 36.6 Å². The van der Waals surface area contributed by atoms with Gasteiger partial charge in [0.2, 0.25) is 0 Å². The molecule has 7 heteroatoms. The molecule has 0 aromatic carbocycles. The number of hydrogen-bond acceptors (Lipinski definition) is 7. The van der Waals surface area contributed by atoms with E-state index in [1.165, 1.54) is 0 Å². The first-order chi connectivity index (χ1) is 10.6. The third kappa shape index (κ3) is 3.28. The minimum absolute atomic E-state index is 0.416. The predicted octanol–water partition coefficient (Wildman–Crippen LogP) is 1.17. The molecule has 1 saturated carbocycles. The van der Waals surface area contributed by atoms with Crippen LogP contribution in [0.3, 0.4) is 0 Å². The van der Waals surface area contributed by atoms with Gasteiger partial charge in [-0.05, 0) is 41.5 Å². The summed E-state index contributed by atoms with van der Waals surface area (Å²) < 4.78 is 35.3. The van der Waals surface area contributed by atoms with Gasteiger partial charge in [0.15, 0.2) is 17.9 Å². The summed E-state index contributed by atoms with van der Waals surface area (Å²) in [5.74, 6) is -1.58. The highest BCUT2D eigenvalue weighted by Gasteiger charge is 2.63. The van der Waals surface area contributed by atoms with Crippen LogP contribution in [0, 0.1) is 0 Å². The molecule has 7 nitrogen and oxygen atoms in total. The molecule has 3 aliphatic rings. The van der Waals surface area contributed by atoms with Crippen LogP contribution in [0.2, 0.25) is 0 Å². The number of ether oxygens (including phenoxy) is 6. The Morgan fingerprint density at radius 2 is 1.35 bits per heavy atom. The van der Waals surface area contributed by atoms with E-state index in [0.29, 0.717) is 6.61 Å². The van der Waals surface area contributed by atoms with Crippen molar-refractivity contribution in [2.45, 2.75) is 96.0 Å². The zero-order valence-electron chi connectivity index (χ0n) is 14.6. The Hall–Kier alpha value is -0.280. The second kappa shape index (κ2) is 5.91. The van der Waals surface area contributed by atoms with Crippen molar-refractivity contribution in [1.29, 1.82) is 0 Å². The van der Waals surface area contributed by atoms with Crippen molar-refractivity contribution in [2.75, 3.05) is 6.61 Å². The molecule has 134 valence electrons. The fraction of sp³-hybridized carbons (Fsp3) is 1.00. The van der Waals surface area contributed by atoms with Crippen LogP contribution < -0.4 is 0 Å². The van der Waals surface area contributed by atoms with Crippen LogP contribution in [0.1, 0.15) is 41.5 Å². The Morgan fingerprint density at radius 3 is 1.78 bits per heavy atom. The summed E-state index contributed by atoms with van der Waals surface area (Å²) in [6.45, 7) is 11.6. The fourth-order valence-corrected chi connectivity index (χ4v) is 3.69. The standard InChI is InChI=1S/C16H28O7/c1-7-18-8(2)19-12-13-10(20-15(3,4)22-13)9(17)11-14(12)23-16(5,6)21-11/h8-14,17H,7H2,1-6H3/t8-,9?,10+,11+,12?,13-,14+/m1/s1. The average Bonchev–Trinajstić information content (AvgIpc) is 2.91. The van der Waals surface area contributed by atoms with Crippen LogP contribution in [0.4, 0.5) is 0 Å². The van der Waals surface area contributed by atoms with Gasteiger partial charge >= 0.3 is 0 Å². The zero-order valence-corrected chi connectivity index (χ0v) is 14.6. The Labute approximate surface area is 137 Å². The molecule has 3 fully saturated rings. The lowest BCUT2D eigenvalue weighted by Crippen LogP contribution is -2.62. The summed E-state index contributed by atoms with van der Waals surface area (Å²) in [5, 5.41) is 10.7. The first-order valence-corrected chi connectivity index (χ1v) is 8.30. The van der Waals surface area contributed by atoms with Gasteiger partial charge in [-0.2, -0.15) is 0 Å². The molecule has 2 unspecified atom stereocenters. The summed E-state index contributed by atoms with van der Waals surface area (Å²) in [6.07, 6.45) is -3.64. The van der Waals surface area contributed by atoms with Crippen molar-refractivity contribution in [3.05, 3.63) is 0 Å². The van der Waals surface area contributed by atoms with E-state index in [4.69, 9.17) is 28.4 Å². The van der Waals surface area contributed by atoms with Gasteiger partial charge in [-0.3, -0.25) is 0 Å². The summed E-state index contributed by atoms with van der Waals surface area (Å²) >= 11 is 0. The van der Waals surface area contributed by atoms with E-state index in [-0.39, 0.29) is 0 Å². The topological polar surface area (TPSA) is 75.6 Å². The maximum atomic E-state index is 10.7. The molecule has 0 spiro atoms. The molecular weight excluding hydrogens is 304 g/mol. The summed E-state index contributed by atoms with van der Waals surface area (Å²) in [6, 6.07) is 0. The number of rotatable bonds is 4. The molecule has 0 radical (unpaired) electrons. The molecule has 1 N–H and O–H groups in total. The van der Waals surface area contributed by atoms with Crippen LogP contribution in [0.15, 0.2) is 0 Å². The quantitative estimate of drug-likeness (QED) is 0.775. The zero-order chi connectivity index (χ0) is 17.0. The highest BCUT2D eigenvalue weighted by atomic mass is 16.8. The Balaban J connectivity index is 1.86. The summed E-state index contributed by atoms with van der Waals surface area (Å²) in [4.78, 5) is 0. The summed E-state index contributed by atoms with van der Waals surface area (Å²) in [7, 11) is 0. The van der Waals surface area contributed by atoms with Gasteiger partial charge in [0.25, 0.3) is 0 Å². The molecule has 0 amide bonds. The van der Waals surface area contributed by atoms with Crippen molar-refractivity contribution in [2.24, 2.45) is 0 Å². The van der Waals surface area contributed by atoms with Crippen LogP contribution in [-0.4, -0.2) is 66.2 Å². The van der Waals surface area contributed by atoms with Crippen LogP contribution in [-0.2, 0) is 28.4 Å². The van der Waals surface area contributed by atoms with E-state index in [2.05, 4.69) is 0 Å². The third-order valence-electron chi connectivity index (χ3n) is 4.40. The maximum Gasteiger partial charge on any atom is 0.164 e. The van der Waals surface area contributed by atoms with Crippen molar-refractivity contribution in [3.8, 4) is 0 Å². The van der Waals surface area contributed by atoms with E-state index in [1.807, 2.05) is 41.5 Å². The Kier molecular flexibility index (Phi) is 4.51. The van der Waals surface area contributed by atoms with E-state index >= 15 is 0 Å². The average molecular weight is 332 g/mol. The highest BCUT2D eigenvalue weighted by molar-refractivity contribution is 5.08. The van der Waals surface area contributed by atoms with Gasteiger partial charge < -0.3 is 33.5 Å². The third-order valence-corrected chi connectivity index (χ3v) is 4.40. The van der Waals surface area contributed by atoms with Crippen molar-refractivity contribution < 1.29 is 33.5 Å². The molecule has 1 aliphatic carbocycles. The molecule has 2 aliphatic heterocycles. The predicted molar refractivity (Wildman–Crippen MR) is 79.6 cm³/mol. The minimum atomic E-state index is -0.837. The lowest BCUT2D eigenvalue weighted by Gasteiger charge is -2.41. The summed E-state index contributed by atoms with van der Waals surface area (Å²) in [5.41, 5.74) is 0. The number of hydrogen-bond donors (Lipinski definition) is 1. The lowest BCUT2D eigenvalue weighted by atomic mass is 9.85. The van der Waals surface area contributed by atoms with E-state index in [1.54, 1.807) is 0 Å². The van der Waals surface area contributed by atoms with Gasteiger partial charge in [0.05, 0.1) is 0 Å². The molecule has 7 atom stereocenters. The number of aliphatic hydroxyl groups excluding tert-OH is 1. The van der Waals surface area contributed by atoms with E-state index in [9.17, 15) is 5.11 Å². The molecule has 0 aromatic rings. The Bertz CT molecular complexity index is 406. The van der Waals surface area contributed by atoms with Crippen molar-refractivity contribution in [1.82, 2.24) is 0 Å². The number of fused-ring (bicyclic) bond motifs is 2. The van der Waals surface area contributed by atoms with Crippen molar-refractivity contribution >= 4 is 0 Å². The molecule has 3 rings (SSSR count). The fourth-order valence-electron chi connectivity index (χ4n) is 3.69. The smallest absolute Gasteiger partial charge is 0.164 e. The molecular formula is C16H28O7. The lowest BCUT2D eigenvalue weighted by molar-refractivity contribution is -0.240. The minimum Gasteiger partial charge on any atom is -0.387 e. The van der Waals surface area contributed by atoms with Gasteiger partial charge in [-0.1, -0.05) is 0 Å². The molecule has 0 bridgehead atoms. The SMILES string of the molecule is CCO[C@@H](C)OC1[C@H]2OC(C)(C)O[C@H]2C(O)[C@@H]2OC(C)(C)O[C@@H]12. The van der Waals surface area contributed by atoms with Crippen molar-refractivity contribution in [3.63, 3.8) is 0 Å². The van der Waals surface area contributed by atoms with Gasteiger partial charge in [-0.25, -0.2) is 0 Å². The normalized spacial score (nSPS) is 45.5. The van der Waals surface area contributed by atoms with E-state index in [0.717, 1.165) is 0 Å². The largest absolute Gasteiger partial charge is 0.387 e. The second-order valence-electron chi connectivity index (χ2n) is 7.24. The first kappa shape index (κ1) is 17.5. The molecule has 2 saturated heterocycles. The first-order valence-electron chi connectivity index (χ1n) is 8.30. The maximum absolute atomic E-state index is 10.7. The van der Waals surface area contributed by atoms with Crippen LogP contribution >= 0.6 is 0 Å². The molecule has 23 heavy (non-hydrogen) atoms. The monoisotopic (exact) mass is 332 g/mol. The van der Waals surface area contributed by atoms with Crippen LogP contribution in [0.25, 0.3) is 0 Å². The Morgan fingerprint density at radius 1 is 0.913 bits per heavy atom. The van der Waals surface area contributed by atoms with Crippen LogP contribution in [0.5, 0.6) is 0 Å². The number of aliphatic hydroxyl groups is 1. The second-order valence-corrected chi connectivity index (χ2v) is 7.24.